The average molecular weight is 340 g/mol. The summed E-state index contributed by atoms with van der Waals surface area (Å²) in [6.07, 6.45) is -1.32. The topological polar surface area (TPSA) is 53.1 Å². The van der Waals surface area contributed by atoms with Crippen LogP contribution in [0, 0.1) is 5.82 Å². The summed E-state index contributed by atoms with van der Waals surface area (Å²) in [6, 6.07) is 3.71. The van der Waals surface area contributed by atoms with Crippen molar-refractivity contribution < 1.29 is 22.3 Å². The zero-order valence-electron chi connectivity index (χ0n) is 11.3. The third kappa shape index (κ3) is 4.88. The highest BCUT2D eigenvalue weighted by atomic mass is 35.5. The molecule has 1 aromatic heterocycles. The third-order valence-corrected chi connectivity index (χ3v) is 2.65. The van der Waals surface area contributed by atoms with Crippen molar-refractivity contribution in [2.45, 2.75) is 12.7 Å². The molecule has 0 saturated heterocycles. The summed E-state index contributed by atoms with van der Waals surface area (Å²) < 4.78 is 55.9. The Bertz CT molecular complexity index is 616. The molecule has 22 heavy (non-hydrogen) atoms. The predicted octanol–water partition coefficient (Wildman–Crippen LogP) is 3.01. The minimum Gasteiger partial charge on any atom is -0.481 e. The lowest BCUT2D eigenvalue weighted by Gasteiger charge is -2.10. The van der Waals surface area contributed by atoms with Crippen molar-refractivity contribution in [3.8, 4) is 16.9 Å². The fourth-order valence-electron chi connectivity index (χ4n) is 1.72. The SMILES string of the molecule is Cl.NCCn1cc(-c2ccc(F)c(OCC(F)(F)F)c2)cn1. The van der Waals surface area contributed by atoms with Crippen LogP contribution in [0.15, 0.2) is 30.6 Å². The summed E-state index contributed by atoms with van der Waals surface area (Å²) in [5, 5.41) is 4.04. The standard InChI is InChI=1S/C13H13F4N3O.ClH/c14-11-2-1-9(5-12(11)21-8-13(15,16)17)10-6-19-20(7-10)4-3-18;/h1-2,5-7H,3-4,8,18H2;1H. The number of alkyl halides is 3. The highest BCUT2D eigenvalue weighted by Crippen LogP contribution is 2.27. The number of nitrogens with two attached hydrogens (primary N) is 1. The first kappa shape index (κ1) is 18.2. The van der Waals surface area contributed by atoms with Crippen LogP contribution in [0.3, 0.4) is 0 Å². The van der Waals surface area contributed by atoms with E-state index in [9.17, 15) is 17.6 Å². The summed E-state index contributed by atoms with van der Waals surface area (Å²) in [5.74, 6) is -1.30. The number of nitrogens with zero attached hydrogens (tertiary/aromatic N) is 2. The second-order valence-electron chi connectivity index (χ2n) is 4.33. The van der Waals surface area contributed by atoms with Gasteiger partial charge >= 0.3 is 6.18 Å². The van der Waals surface area contributed by atoms with Gasteiger partial charge in [0.2, 0.25) is 0 Å². The van der Waals surface area contributed by atoms with E-state index in [4.69, 9.17) is 5.73 Å². The average Bonchev–Trinajstić information content (AvgIpc) is 2.86. The van der Waals surface area contributed by atoms with E-state index >= 15 is 0 Å². The maximum atomic E-state index is 13.5. The van der Waals surface area contributed by atoms with Crippen LogP contribution in [0.5, 0.6) is 5.75 Å². The molecular formula is C13H14ClF4N3O. The van der Waals surface area contributed by atoms with Crippen molar-refractivity contribution in [2.24, 2.45) is 5.73 Å². The molecule has 2 rings (SSSR count). The molecule has 0 amide bonds. The van der Waals surface area contributed by atoms with Crippen molar-refractivity contribution in [1.82, 2.24) is 9.78 Å². The smallest absolute Gasteiger partial charge is 0.422 e. The van der Waals surface area contributed by atoms with Crippen molar-refractivity contribution in [1.29, 1.82) is 0 Å². The van der Waals surface area contributed by atoms with Crippen LogP contribution in [-0.4, -0.2) is 29.1 Å². The Balaban J connectivity index is 0.00000242. The van der Waals surface area contributed by atoms with E-state index in [1.54, 1.807) is 10.9 Å². The zero-order valence-corrected chi connectivity index (χ0v) is 12.1. The van der Waals surface area contributed by atoms with Gasteiger partial charge in [-0.25, -0.2) is 4.39 Å². The molecule has 0 radical (unpaired) electrons. The number of rotatable bonds is 5. The first-order valence-electron chi connectivity index (χ1n) is 6.11. The molecule has 0 aliphatic heterocycles. The monoisotopic (exact) mass is 339 g/mol. The van der Waals surface area contributed by atoms with Crippen LogP contribution in [0.4, 0.5) is 17.6 Å². The fourth-order valence-corrected chi connectivity index (χ4v) is 1.72. The largest absolute Gasteiger partial charge is 0.481 e. The molecule has 0 aliphatic rings. The minimum atomic E-state index is -4.52. The second kappa shape index (κ2) is 7.46. The lowest BCUT2D eigenvalue weighted by atomic mass is 10.1. The van der Waals surface area contributed by atoms with Crippen molar-refractivity contribution in [3.63, 3.8) is 0 Å². The molecule has 2 aromatic rings. The Labute approximate surface area is 130 Å². The molecule has 1 heterocycles. The van der Waals surface area contributed by atoms with Crippen LogP contribution in [0.2, 0.25) is 0 Å². The van der Waals surface area contributed by atoms with Crippen LogP contribution in [0.25, 0.3) is 11.1 Å². The number of ether oxygens (including phenoxy) is 1. The van der Waals surface area contributed by atoms with Gasteiger partial charge in [0.15, 0.2) is 18.2 Å². The van der Waals surface area contributed by atoms with Gasteiger partial charge in [0, 0.05) is 18.3 Å². The molecule has 0 saturated carbocycles. The zero-order chi connectivity index (χ0) is 15.5. The van der Waals surface area contributed by atoms with E-state index in [0.29, 0.717) is 24.2 Å². The quantitative estimate of drug-likeness (QED) is 0.852. The molecule has 0 atom stereocenters. The van der Waals surface area contributed by atoms with E-state index in [0.717, 1.165) is 6.07 Å². The van der Waals surface area contributed by atoms with E-state index in [-0.39, 0.29) is 12.4 Å². The molecule has 0 unspecified atom stereocenters. The predicted molar refractivity (Wildman–Crippen MR) is 75.5 cm³/mol. The first-order chi connectivity index (χ1) is 9.89. The number of aromatic nitrogens is 2. The van der Waals surface area contributed by atoms with Gasteiger partial charge in [-0.15, -0.1) is 12.4 Å². The van der Waals surface area contributed by atoms with Gasteiger partial charge in [-0.1, -0.05) is 6.07 Å². The summed E-state index contributed by atoms with van der Waals surface area (Å²) in [7, 11) is 0. The maximum Gasteiger partial charge on any atom is 0.422 e. The Morgan fingerprint density at radius 3 is 2.59 bits per heavy atom. The summed E-state index contributed by atoms with van der Waals surface area (Å²) in [4.78, 5) is 0. The molecule has 0 spiro atoms. The molecular weight excluding hydrogens is 326 g/mol. The molecule has 122 valence electrons. The highest BCUT2D eigenvalue weighted by Gasteiger charge is 2.29. The molecule has 1 aromatic carbocycles. The molecule has 0 aliphatic carbocycles. The summed E-state index contributed by atoms with van der Waals surface area (Å²) >= 11 is 0. The summed E-state index contributed by atoms with van der Waals surface area (Å²) in [6.45, 7) is -0.622. The fraction of sp³-hybridized carbons (Fsp3) is 0.308. The van der Waals surface area contributed by atoms with Crippen LogP contribution < -0.4 is 10.5 Å². The lowest BCUT2D eigenvalue weighted by Crippen LogP contribution is -2.19. The van der Waals surface area contributed by atoms with Gasteiger partial charge in [-0.3, -0.25) is 4.68 Å². The number of hydrogen-bond donors (Lipinski definition) is 1. The highest BCUT2D eigenvalue weighted by molar-refractivity contribution is 5.85. The molecule has 9 heteroatoms. The molecule has 2 N–H and O–H groups in total. The molecule has 4 nitrogen and oxygen atoms in total. The van der Waals surface area contributed by atoms with E-state index in [2.05, 4.69) is 9.84 Å². The van der Waals surface area contributed by atoms with Crippen LogP contribution in [-0.2, 0) is 6.54 Å². The van der Waals surface area contributed by atoms with E-state index in [1.165, 1.54) is 18.3 Å². The van der Waals surface area contributed by atoms with E-state index < -0.39 is 24.3 Å². The number of hydrogen-bond acceptors (Lipinski definition) is 3. The Morgan fingerprint density at radius 1 is 1.23 bits per heavy atom. The van der Waals surface area contributed by atoms with Crippen LogP contribution >= 0.6 is 12.4 Å². The van der Waals surface area contributed by atoms with Gasteiger partial charge in [0.05, 0.1) is 12.7 Å². The van der Waals surface area contributed by atoms with Crippen molar-refractivity contribution in [2.75, 3.05) is 13.2 Å². The van der Waals surface area contributed by atoms with Crippen molar-refractivity contribution in [3.05, 3.63) is 36.4 Å². The lowest BCUT2D eigenvalue weighted by molar-refractivity contribution is -0.153. The Hall–Kier alpha value is -1.80. The first-order valence-corrected chi connectivity index (χ1v) is 6.11. The molecule has 0 bridgehead atoms. The van der Waals surface area contributed by atoms with Crippen molar-refractivity contribution >= 4 is 12.4 Å². The van der Waals surface area contributed by atoms with Gasteiger partial charge in [-0.2, -0.15) is 18.3 Å². The second-order valence-corrected chi connectivity index (χ2v) is 4.33. The van der Waals surface area contributed by atoms with Gasteiger partial charge < -0.3 is 10.5 Å². The number of benzene rings is 1. The number of halogens is 5. The van der Waals surface area contributed by atoms with Crippen LogP contribution in [0.1, 0.15) is 0 Å². The Morgan fingerprint density at radius 2 is 1.95 bits per heavy atom. The summed E-state index contributed by atoms with van der Waals surface area (Å²) in [5.41, 5.74) is 6.55. The van der Waals surface area contributed by atoms with Gasteiger partial charge in [0.25, 0.3) is 0 Å². The minimum absolute atomic E-state index is 0. The maximum absolute atomic E-state index is 13.5. The van der Waals surface area contributed by atoms with Gasteiger partial charge in [-0.05, 0) is 17.7 Å². The normalized spacial score (nSPS) is 11.1. The van der Waals surface area contributed by atoms with Gasteiger partial charge in [0.1, 0.15) is 0 Å². The molecule has 0 fully saturated rings. The third-order valence-electron chi connectivity index (χ3n) is 2.65. The Kier molecular flexibility index (Phi) is 6.19. The van der Waals surface area contributed by atoms with E-state index in [1.807, 2.05) is 0 Å².